The topological polar surface area (TPSA) is 30.5 Å². The number of ether oxygens (including phenoxy) is 2. The van der Waals surface area contributed by atoms with Crippen LogP contribution in [0.2, 0.25) is 0 Å². The van der Waals surface area contributed by atoms with Gasteiger partial charge >= 0.3 is 0 Å². The predicted octanol–water partition coefficient (Wildman–Crippen LogP) is 2.99. The molecule has 1 rings (SSSR count). The first kappa shape index (κ1) is 15.9. The number of hydrogen-bond donors (Lipinski definition) is 1. The first-order valence-electron chi connectivity index (χ1n) is 7.60. The average molecular weight is 257 g/mol. The van der Waals surface area contributed by atoms with Crippen LogP contribution in [0.15, 0.2) is 0 Å². The van der Waals surface area contributed by atoms with E-state index >= 15 is 0 Å². The Morgan fingerprint density at radius 2 is 1.94 bits per heavy atom. The molecular weight excluding hydrogens is 226 g/mol. The lowest BCUT2D eigenvalue weighted by Gasteiger charge is -2.37. The minimum atomic E-state index is 0.486. The third-order valence-corrected chi connectivity index (χ3v) is 4.10. The quantitative estimate of drug-likeness (QED) is 0.610. The Morgan fingerprint density at radius 1 is 1.17 bits per heavy atom. The highest BCUT2D eigenvalue weighted by molar-refractivity contribution is 4.84. The van der Waals surface area contributed by atoms with Crippen LogP contribution >= 0.6 is 0 Å². The van der Waals surface area contributed by atoms with Crippen LogP contribution in [0, 0.1) is 5.41 Å². The van der Waals surface area contributed by atoms with E-state index in [9.17, 15) is 0 Å². The van der Waals surface area contributed by atoms with Crippen LogP contribution < -0.4 is 5.32 Å². The third-order valence-electron chi connectivity index (χ3n) is 4.10. The first-order valence-corrected chi connectivity index (χ1v) is 7.60. The number of nitrogens with one attached hydrogen (secondary N) is 1. The standard InChI is InChI=1S/C15H31NO2/c1-3-4-5-6-7-15(8-11-18-12-9-15)14-16-10-13-17-2/h16H,3-14H2,1-2H3. The second-order valence-electron chi connectivity index (χ2n) is 5.59. The third kappa shape index (κ3) is 6.17. The Hall–Kier alpha value is -0.120. The van der Waals surface area contributed by atoms with Gasteiger partial charge in [-0.05, 0) is 24.7 Å². The molecule has 1 aliphatic heterocycles. The molecule has 0 aromatic carbocycles. The molecule has 108 valence electrons. The zero-order valence-corrected chi connectivity index (χ0v) is 12.3. The highest BCUT2D eigenvalue weighted by atomic mass is 16.5. The van der Waals surface area contributed by atoms with Crippen LogP contribution in [0.3, 0.4) is 0 Å². The van der Waals surface area contributed by atoms with Crippen LogP contribution in [0.5, 0.6) is 0 Å². The molecule has 1 aliphatic rings. The lowest BCUT2D eigenvalue weighted by atomic mass is 9.76. The van der Waals surface area contributed by atoms with Gasteiger partial charge in [-0.25, -0.2) is 0 Å². The summed E-state index contributed by atoms with van der Waals surface area (Å²) in [6, 6.07) is 0. The van der Waals surface area contributed by atoms with Crippen molar-refractivity contribution in [2.75, 3.05) is 40.0 Å². The minimum absolute atomic E-state index is 0.486. The fourth-order valence-electron chi connectivity index (χ4n) is 2.77. The molecule has 1 heterocycles. The van der Waals surface area contributed by atoms with Gasteiger partial charge in [0.2, 0.25) is 0 Å². The second-order valence-corrected chi connectivity index (χ2v) is 5.59. The fourth-order valence-corrected chi connectivity index (χ4v) is 2.77. The molecule has 0 bridgehead atoms. The molecule has 18 heavy (non-hydrogen) atoms. The van der Waals surface area contributed by atoms with Crippen molar-refractivity contribution in [2.24, 2.45) is 5.41 Å². The largest absolute Gasteiger partial charge is 0.383 e. The number of hydrogen-bond acceptors (Lipinski definition) is 3. The molecule has 0 atom stereocenters. The van der Waals surface area contributed by atoms with E-state index in [1.807, 2.05) is 0 Å². The van der Waals surface area contributed by atoms with E-state index in [0.29, 0.717) is 5.41 Å². The van der Waals surface area contributed by atoms with Gasteiger partial charge in [0, 0.05) is 33.4 Å². The van der Waals surface area contributed by atoms with Crippen LogP contribution in [-0.2, 0) is 9.47 Å². The molecule has 1 saturated heterocycles. The first-order chi connectivity index (χ1) is 8.83. The number of methoxy groups -OCH3 is 1. The van der Waals surface area contributed by atoms with Gasteiger partial charge in [-0.2, -0.15) is 0 Å². The summed E-state index contributed by atoms with van der Waals surface area (Å²) < 4.78 is 10.6. The van der Waals surface area contributed by atoms with Gasteiger partial charge in [-0.1, -0.05) is 32.6 Å². The summed E-state index contributed by atoms with van der Waals surface area (Å²) in [7, 11) is 1.76. The van der Waals surface area contributed by atoms with E-state index in [-0.39, 0.29) is 0 Å². The van der Waals surface area contributed by atoms with Gasteiger partial charge < -0.3 is 14.8 Å². The zero-order chi connectivity index (χ0) is 13.1. The normalized spacial score (nSPS) is 19.0. The molecule has 0 aromatic heterocycles. The van der Waals surface area contributed by atoms with E-state index in [4.69, 9.17) is 9.47 Å². The van der Waals surface area contributed by atoms with E-state index in [0.717, 1.165) is 32.9 Å². The molecule has 0 unspecified atom stereocenters. The summed E-state index contributed by atoms with van der Waals surface area (Å²) in [5.74, 6) is 0. The molecule has 0 amide bonds. The van der Waals surface area contributed by atoms with E-state index in [2.05, 4.69) is 12.2 Å². The van der Waals surface area contributed by atoms with Crippen LogP contribution in [0.4, 0.5) is 0 Å². The van der Waals surface area contributed by atoms with E-state index in [1.165, 1.54) is 44.9 Å². The SMILES string of the molecule is CCCCCCC1(CNCCOC)CCOCC1. The minimum Gasteiger partial charge on any atom is -0.383 e. The maximum absolute atomic E-state index is 5.53. The van der Waals surface area contributed by atoms with Crippen molar-refractivity contribution in [1.82, 2.24) is 5.32 Å². The molecule has 1 fully saturated rings. The van der Waals surface area contributed by atoms with Crippen molar-refractivity contribution in [2.45, 2.75) is 51.9 Å². The summed E-state index contributed by atoms with van der Waals surface area (Å²) in [4.78, 5) is 0. The Kier molecular flexibility index (Phi) is 8.64. The Morgan fingerprint density at radius 3 is 2.61 bits per heavy atom. The Bertz CT molecular complexity index is 177. The smallest absolute Gasteiger partial charge is 0.0587 e. The van der Waals surface area contributed by atoms with Crippen molar-refractivity contribution in [1.29, 1.82) is 0 Å². The molecule has 0 aliphatic carbocycles. The number of unbranched alkanes of at least 4 members (excludes halogenated alkanes) is 3. The van der Waals surface area contributed by atoms with Crippen LogP contribution in [0.1, 0.15) is 51.9 Å². The maximum Gasteiger partial charge on any atom is 0.0587 e. The van der Waals surface area contributed by atoms with Gasteiger partial charge in [0.05, 0.1) is 6.61 Å². The van der Waals surface area contributed by atoms with E-state index < -0.39 is 0 Å². The van der Waals surface area contributed by atoms with Gasteiger partial charge in [-0.3, -0.25) is 0 Å². The van der Waals surface area contributed by atoms with Gasteiger partial charge in [0.1, 0.15) is 0 Å². The van der Waals surface area contributed by atoms with Crippen LogP contribution in [0.25, 0.3) is 0 Å². The molecule has 0 radical (unpaired) electrons. The van der Waals surface area contributed by atoms with Crippen molar-refractivity contribution < 1.29 is 9.47 Å². The highest BCUT2D eigenvalue weighted by Gasteiger charge is 2.31. The zero-order valence-electron chi connectivity index (χ0n) is 12.3. The number of rotatable bonds is 10. The van der Waals surface area contributed by atoms with E-state index in [1.54, 1.807) is 7.11 Å². The molecular formula is C15H31NO2. The average Bonchev–Trinajstić information content (AvgIpc) is 2.41. The molecule has 0 spiro atoms. The Balaban J connectivity index is 2.27. The maximum atomic E-state index is 5.53. The summed E-state index contributed by atoms with van der Waals surface area (Å²) in [5.41, 5.74) is 0.486. The molecule has 0 aromatic rings. The van der Waals surface area contributed by atoms with Crippen molar-refractivity contribution >= 4 is 0 Å². The molecule has 3 nitrogen and oxygen atoms in total. The summed E-state index contributed by atoms with van der Waals surface area (Å²) in [5, 5.41) is 3.56. The summed E-state index contributed by atoms with van der Waals surface area (Å²) in [6.45, 7) is 7.07. The predicted molar refractivity (Wildman–Crippen MR) is 76.0 cm³/mol. The fraction of sp³-hybridized carbons (Fsp3) is 1.00. The molecule has 0 saturated carbocycles. The lowest BCUT2D eigenvalue weighted by molar-refractivity contribution is 0.00856. The molecule has 1 N–H and O–H groups in total. The van der Waals surface area contributed by atoms with Crippen molar-refractivity contribution in [3.63, 3.8) is 0 Å². The lowest BCUT2D eigenvalue weighted by Crippen LogP contribution is -2.40. The molecule has 3 heteroatoms. The van der Waals surface area contributed by atoms with Crippen LogP contribution in [-0.4, -0.2) is 40.0 Å². The van der Waals surface area contributed by atoms with Gasteiger partial charge in [0.15, 0.2) is 0 Å². The monoisotopic (exact) mass is 257 g/mol. The highest BCUT2D eigenvalue weighted by Crippen LogP contribution is 2.35. The van der Waals surface area contributed by atoms with Gasteiger partial charge in [-0.15, -0.1) is 0 Å². The second kappa shape index (κ2) is 9.76. The Labute approximate surface area is 113 Å². The summed E-state index contributed by atoms with van der Waals surface area (Å²) in [6.07, 6.45) is 9.26. The van der Waals surface area contributed by atoms with Crippen molar-refractivity contribution in [3.05, 3.63) is 0 Å². The summed E-state index contributed by atoms with van der Waals surface area (Å²) >= 11 is 0. The van der Waals surface area contributed by atoms with Gasteiger partial charge in [0.25, 0.3) is 0 Å². The van der Waals surface area contributed by atoms with Crippen molar-refractivity contribution in [3.8, 4) is 0 Å².